The zero-order valence-corrected chi connectivity index (χ0v) is 13.2. The number of carbonyl (C=O) groups excluding carboxylic acids is 1. The van der Waals surface area contributed by atoms with Gasteiger partial charge in [0.2, 0.25) is 0 Å². The van der Waals surface area contributed by atoms with Crippen LogP contribution in [0.3, 0.4) is 0 Å². The van der Waals surface area contributed by atoms with Gasteiger partial charge in [0.25, 0.3) is 5.91 Å². The maximum atomic E-state index is 12.1. The Bertz CT molecular complexity index is 818. The molecule has 3 rings (SSSR count). The number of carbonyl (C=O) groups is 1. The summed E-state index contributed by atoms with van der Waals surface area (Å²) >= 11 is 0. The monoisotopic (exact) mass is 319 g/mol. The summed E-state index contributed by atoms with van der Waals surface area (Å²) in [5.74, 6) is 0.307. The Morgan fingerprint density at radius 3 is 2.54 bits per heavy atom. The van der Waals surface area contributed by atoms with Crippen molar-refractivity contribution in [2.75, 3.05) is 5.32 Å². The summed E-state index contributed by atoms with van der Waals surface area (Å²) in [6.45, 7) is 2.36. The Balaban J connectivity index is 1.61. The highest BCUT2D eigenvalue weighted by Crippen LogP contribution is 2.17. The van der Waals surface area contributed by atoms with Crippen LogP contribution in [0.2, 0.25) is 0 Å². The minimum Gasteiger partial charge on any atom is -0.345 e. The van der Waals surface area contributed by atoms with Gasteiger partial charge in [-0.05, 0) is 30.7 Å². The zero-order valence-electron chi connectivity index (χ0n) is 13.2. The number of hydrogen-bond acceptors (Lipinski definition) is 5. The lowest BCUT2D eigenvalue weighted by atomic mass is 10.2. The lowest BCUT2D eigenvalue weighted by Crippen LogP contribution is -2.24. The van der Waals surface area contributed by atoms with Crippen molar-refractivity contribution in [3.8, 4) is 0 Å². The van der Waals surface area contributed by atoms with Crippen LogP contribution in [-0.4, -0.2) is 20.9 Å². The summed E-state index contributed by atoms with van der Waals surface area (Å²) < 4.78 is 0. The molecule has 1 aromatic carbocycles. The Morgan fingerprint density at radius 1 is 1.00 bits per heavy atom. The number of pyridine rings is 1. The van der Waals surface area contributed by atoms with Gasteiger partial charge in [-0.3, -0.25) is 9.78 Å². The highest BCUT2D eigenvalue weighted by Gasteiger charge is 2.08. The largest absolute Gasteiger partial charge is 0.345 e. The summed E-state index contributed by atoms with van der Waals surface area (Å²) in [5, 5.41) is 5.95. The van der Waals surface area contributed by atoms with Crippen LogP contribution in [0.15, 0.2) is 61.1 Å². The molecule has 0 atom stereocenters. The smallest absolute Gasteiger partial charge is 0.271 e. The van der Waals surface area contributed by atoms with E-state index in [0.29, 0.717) is 12.4 Å². The standard InChI is InChI=1S/C18H17N5O/c1-13-6-2-3-8-15(13)23-17-12-20-16(11-21-17)18(24)22-10-14-7-4-5-9-19-14/h2-9,11-12H,10H2,1H3,(H,21,23)(H,22,24). The second-order valence-electron chi connectivity index (χ2n) is 5.23. The highest BCUT2D eigenvalue weighted by molar-refractivity contribution is 5.91. The number of amides is 1. The molecule has 0 radical (unpaired) electrons. The second-order valence-corrected chi connectivity index (χ2v) is 5.23. The van der Waals surface area contributed by atoms with Crippen molar-refractivity contribution in [3.63, 3.8) is 0 Å². The number of para-hydroxylation sites is 1. The van der Waals surface area contributed by atoms with Crippen LogP contribution in [0, 0.1) is 6.92 Å². The van der Waals surface area contributed by atoms with Gasteiger partial charge in [-0.25, -0.2) is 9.97 Å². The molecular formula is C18H17N5O. The molecule has 1 amide bonds. The molecule has 2 heterocycles. The van der Waals surface area contributed by atoms with E-state index in [-0.39, 0.29) is 11.6 Å². The first-order valence-corrected chi connectivity index (χ1v) is 7.55. The number of nitrogens with zero attached hydrogens (tertiary/aromatic N) is 3. The van der Waals surface area contributed by atoms with Gasteiger partial charge in [0.1, 0.15) is 11.5 Å². The van der Waals surface area contributed by atoms with Gasteiger partial charge in [-0.1, -0.05) is 24.3 Å². The van der Waals surface area contributed by atoms with Gasteiger partial charge in [-0.2, -0.15) is 0 Å². The molecule has 120 valence electrons. The van der Waals surface area contributed by atoms with Gasteiger partial charge in [0.05, 0.1) is 24.6 Å². The molecule has 6 nitrogen and oxygen atoms in total. The van der Waals surface area contributed by atoms with Crippen molar-refractivity contribution in [3.05, 3.63) is 78.0 Å². The first-order valence-electron chi connectivity index (χ1n) is 7.55. The van der Waals surface area contributed by atoms with Crippen molar-refractivity contribution in [2.45, 2.75) is 13.5 Å². The Labute approximate surface area is 140 Å². The molecule has 2 aromatic heterocycles. The van der Waals surface area contributed by atoms with E-state index in [4.69, 9.17) is 0 Å². The van der Waals surface area contributed by atoms with E-state index in [1.165, 1.54) is 6.20 Å². The third kappa shape index (κ3) is 3.92. The molecule has 0 fully saturated rings. The molecule has 3 aromatic rings. The first kappa shape index (κ1) is 15.6. The predicted molar refractivity (Wildman–Crippen MR) is 91.9 cm³/mol. The Kier molecular flexibility index (Phi) is 4.76. The predicted octanol–water partition coefficient (Wildman–Crippen LogP) is 2.85. The van der Waals surface area contributed by atoms with Crippen LogP contribution in [0.4, 0.5) is 11.5 Å². The van der Waals surface area contributed by atoms with Crippen molar-refractivity contribution >= 4 is 17.4 Å². The molecule has 0 bridgehead atoms. The Hall–Kier alpha value is -3.28. The third-order valence-corrected chi connectivity index (χ3v) is 3.45. The average molecular weight is 319 g/mol. The molecular weight excluding hydrogens is 302 g/mol. The SMILES string of the molecule is Cc1ccccc1Nc1cnc(C(=O)NCc2ccccn2)cn1. The minimum atomic E-state index is -0.282. The summed E-state index contributed by atoms with van der Waals surface area (Å²) in [7, 11) is 0. The highest BCUT2D eigenvalue weighted by atomic mass is 16.1. The zero-order chi connectivity index (χ0) is 16.8. The average Bonchev–Trinajstić information content (AvgIpc) is 2.63. The van der Waals surface area contributed by atoms with Crippen LogP contribution in [0.5, 0.6) is 0 Å². The fraction of sp³-hybridized carbons (Fsp3) is 0.111. The van der Waals surface area contributed by atoms with Crippen LogP contribution in [0.25, 0.3) is 0 Å². The third-order valence-electron chi connectivity index (χ3n) is 3.45. The van der Waals surface area contributed by atoms with E-state index in [1.807, 2.05) is 49.4 Å². The van der Waals surface area contributed by atoms with Gasteiger partial charge < -0.3 is 10.6 Å². The summed E-state index contributed by atoms with van der Waals surface area (Å²) in [6.07, 6.45) is 4.68. The van der Waals surface area contributed by atoms with Crippen LogP contribution in [-0.2, 0) is 6.54 Å². The number of aromatic nitrogens is 3. The number of nitrogens with one attached hydrogen (secondary N) is 2. The van der Waals surface area contributed by atoms with E-state index in [9.17, 15) is 4.79 Å². The van der Waals surface area contributed by atoms with Crippen LogP contribution < -0.4 is 10.6 Å². The van der Waals surface area contributed by atoms with Gasteiger partial charge >= 0.3 is 0 Å². The summed E-state index contributed by atoms with van der Waals surface area (Å²) in [6, 6.07) is 13.4. The quantitative estimate of drug-likeness (QED) is 0.756. The molecule has 0 aliphatic heterocycles. The molecule has 6 heteroatoms. The van der Waals surface area contributed by atoms with Crippen molar-refractivity contribution < 1.29 is 4.79 Å². The molecule has 0 saturated carbocycles. The number of hydrogen-bond donors (Lipinski definition) is 2. The van der Waals surface area contributed by atoms with Crippen molar-refractivity contribution in [1.29, 1.82) is 0 Å². The van der Waals surface area contributed by atoms with E-state index in [1.54, 1.807) is 12.4 Å². The summed E-state index contributed by atoms with van der Waals surface area (Å²) in [4.78, 5) is 24.6. The first-order chi connectivity index (χ1) is 11.7. The number of aryl methyl sites for hydroxylation is 1. The lowest BCUT2D eigenvalue weighted by molar-refractivity contribution is 0.0945. The van der Waals surface area contributed by atoms with E-state index in [0.717, 1.165) is 16.9 Å². The Morgan fingerprint density at radius 2 is 1.83 bits per heavy atom. The topological polar surface area (TPSA) is 79.8 Å². The molecule has 0 aliphatic rings. The van der Waals surface area contributed by atoms with E-state index >= 15 is 0 Å². The molecule has 0 aliphatic carbocycles. The fourth-order valence-corrected chi connectivity index (χ4v) is 2.13. The van der Waals surface area contributed by atoms with E-state index in [2.05, 4.69) is 25.6 Å². The van der Waals surface area contributed by atoms with Crippen molar-refractivity contribution in [1.82, 2.24) is 20.3 Å². The molecule has 2 N–H and O–H groups in total. The molecule has 24 heavy (non-hydrogen) atoms. The molecule has 0 saturated heterocycles. The molecule has 0 spiro atoms. The summed E-state index contributed by atoms with van der Waals surface area (Å²) in [5.41, 5.74) is 3.12. The fourth-order valence-electron chi connectivity index (χ4n) is 2.13. The van der Waals surface area contributed by atoms with Crippen molar-refractivity contribution in [2.24, 2.45) is 0 Å². The van der Waals surface area contributed by atoms with Crippen LogP contribution >= 0.6 is 0 Å². The maximum absolute atomic E-state index is 12.1. The number of rotatable bonds is 5. The lowest BCUT2D eigenvalue weighted by Gasteiger charge is -2.08. The number of benzene rings is 1. The van der Waals surface area contributed by atoms with Gasteiger partial charge in [0.15, 0.2) is 0 Å². The number of anilines is 2. The van der Waals surface area contributed by atoms with Gasteiger partial charge in [0, 0.05) is 11.9 Å². The normalized spacial score (nSPS) is 10.2. The minimum absolute atomic E-state index is 0.265. The van der Waals surface area contributed by atoms with E-state index < -0.39 is 0 Å². The van der Waals surface area contributed by atoms with Gasteiger partial charge in [-0.15, -0.1) is 0 Å². The maximum Gasteiger partial charge on any atom is 0.271 e. The molecule has 0 unspecified atom stereocenters. The van der Waals surface area contributed by atoms with Crippen LogP contribution in [0.1, 0.15) is 21.7 Å². The second kappa shape index (κ2) is 7.32.